The fourth-order valence-electron chi connectivity index (χ4n) is 2.15. The Morgan fingerprint density at radius 2 is 1.77 bits per heavy atom. The zero-order chi connectivity index (χ0) is 22.5. The smallest absolute Gasteiger partial charge is 0.331 e. The number of rotatable bonds is 7. The van der Waals surface area contributed by atoms with Crippen molar-refractivity contribution in [2.75, 3.05) is 26.0 Å². The van der Waals surface area contributed by atoms with Gasteiger partial charge >= 0.3 is 5.97 Å². The Balaban J connectivity index is 1.98. The van der Waals surface area contributed by atoms with Crippen LogP contribution in [0.1, 0.15) is 5.56 Å². The standard InChI is InChI=1S/C19H17Cl3N2O5S/c1-24(2)30(27,28)17-10-14(6-7-15(17)21)23-18(25)11-29-19(26)8-4-12-3-5-13(20)9-16(12)22/h3-10H,11H2,1-2H3,(H,23,25). The predicted octanol–water partition coefficient (Wildman–Crippen LogP) is 4.09. The maximum absolute atomic E-state index is 12.3. The quantitative estimate of drug-likeness (QED) is 0.465. The minimum atomic E-state index is -3.80. The molecule has 11 heteroatoms. The van der Waals surface area contributed by atoms with Crippen LogP contribution in [0.15, 0.2) is 47.4 Å². The summed E-state index contributed by atoms with van der Waals surface area (Å²) < 4.78 is 30.4. The maximum atomic E-state index is 12.3. The number of halogens is 3. The second kappa shape index (κ2) is 10.3. The van der Waals surface area contributed by atoms with Crippen molar-refractivity contribution in [1.82, 2.24) is 4.31 Å². The second-order valence-electron chi connectivity index (χ2n) is 6.09. The van der Waals surface area contributed by atoms with E-state index in [0.29, 0.717) is 15.6 Å². The van der Waals surface area contributed by atoms with Crippen LogP contribution in [0.3, 0.4) is 0 Å². The van der Waals surface area contributed by atoms with Gasteiger partial charge in [0.05, 0.1) is 5.02 Å². The highest BCUT2D eigenvalue weighted by molar-refractivity contribution is 7.89. The number of ether oxygens (including phenoxy) is 1. The number of hydrogen-bond donors (Lipinski definition) is 1. The van der Waals surface area contributed by atoms with E-state index in [-0.39, 0.29) is 15.6 Å². The van der Waals surface area contributed by atoms with Crippen LogP contribution in [0, 0.1) is 0 Å². The fraction of sp³-hybridized carbons (Fsp3) is 0.158. The molecule has 1 N–H and O–H groups in total. The molecular weight excluding hydrogens is 475 g/mol. The number of amides is 1. The fourth-order valence-corrected chi connectivity index (χ4v) is 4.02. The molecule has 0 aromatic heterocycles. The third-order valence-corrected chi connectivity index (χ3v) is 6.54. The average molecular weight is 492 g/mol. The molecule has 0 heterocycles. The summed E-state index contributed by atoms with van der Waals surface area (Å²) in [6.45, 7) is -0.573. The summed E-state index contributed by atoms with van der Waals surface area (Å²) in [5.41, 5.74) is 0.739. The summed E-state index contributed by atoms with van der Waals surface area (Å²) in [7, 11) is -1.07. The van der Waals surface area contributed by atoms with Crippen LogP contribution in [0.25, 0.3) is 6.08 Å². The van der Waals surface area contributed by atoms with Gasteiger partial charge in [-0.2, -0.15) is 0 Å². The first-order chi connectivity index (χ1) is 14.0. The van der Waals surface area contributed by atoms with Gasteiger partial charge in [0.1, 0.15) is 4.90 Å². The van der Waals surface area contributed by atoms with Crippen LogP contribution in [0.5, 0.6) is 0 Å². The van der Waals surface area contributed by atoms with Crippen LogP contribution in [-0.2, 0) is 24.3 Å². The van der Waals surface area contributed by atoms with Crippen LogP contribution >= 0.6 is 34.8 Å². The molecule has 2 aromatic rings. The van der Waals surface area contributed by atoms with E-state index in [4.69, 9.17) is 39.5 Å². The molecule has 0 aliphatic carbocycles. The van der Waals surface area contributed by atoms with E-state index in [0.717, 1.165) is 10.4 Å². The zero-order valence-corrected chi connectivity index (χ0v) is 18.9. The molecule has 0 radical (unpaired) electrons. The Bertz CT molecular complexity index is 1100. The van der Waals surface area contributed by atoms with Crippen LogP contribution in [0.2, 0.25) is 15.1 Å². The first kappa shape index (κ1) is 24.2. The molecular formula is C19H17Cl3N2O5S. The molecule has 1 amide bonds. The van der Waals surface area contributed by atoms with Gasteiger partial charge in [0.15, 0.2) is 6.61 Å². The lowest BCUT2D eigenvalue weighted by molar-refractivity contribution is -0.142. The van der Waals surface area contributed by atoms with Gasteiger partial charge in [-0.05, 0) is 42.0 Å². The first-order valence-electron chi connectivity index (χ1n) is 8.32. The lowest BCUT2D eigenvalue weighted by Crippen LogP contribution is -2.23. The lowest BCUT2D eigenvalue weighted by Gasteiger charge is -2.14. The lowest BCUT2D eigenvalue weighted by atomic mass is 10.2. The molecule has 2 rings (SSSR count). The van der Waals surface area contributed by atoms with Crippen molar-refractivity contribution in [2.45, 2.75) is 4.90 Å². The summed E-state index contributed by atoms with van der Waals surface area (Å²) in [6.07, 6.45) is 2.54. The molecule has 0 fully saturated rings. The Hall–Kier alpha value is -2.10. The summed E-state index contributed by atoms with van der Waals surface area (Å²) in [5, 5.41) is 3.28. The SMILES string of the molecule is CN(C)S(=O)(=O)c1cc(NC(=O)COC(=O)C=Cc2ccc(Cl)cc2Cl)ccc1Cl. The largest absolute Gasteiger partial charge is 0.452 e. The molecule has 0 saturated heterocycles. The molecule has 0 bridgehead atoms. The summed E-state index contributed by atoms with van der Waals surface area (Å²) in [5.74, 6) is -1.42. The number of esters is 1. The van der Waals surface area contributed by atoms with E-state index in [1.165, 1.54) is 44.4 Å². The normalized spacial score (nSPS) is 11.7. The maximum Gasteiger partial charge on any atom is 0.331 e. The van der Waals surface area contributed by atoms with Gasteiger partial charge in [-0.3, -0.25) is 4.79 Å². The summed E-state index contributed by atoms with van der Waals surface area (Å²) in [6, 6.07) is 8.76. The third-order valence-electron chi connectivity index (χ3n) is 3.68. The van der Waals surface area contributed by atoms with Gasteiger partial charge in [0, 0.05) is 35.9 Å². The third kappa shape index (κ3) is 6.45. The van der Waals surface area contributed by atoms with E-state index in [1.54, 1.807) is 12.1 Å². The van der Waals surface area contributed by atoms with Crippen LogP contribution in [0.4, 0.5) is 5.69 Å². The average Bonchev–Trinajstić information content (AvgIpc) is 2.67. The minimum Gasteiger partial charge on any atom is -0.452 e. The van der Waals surface area contributed by atoms with Gasteiger partial charge in [-0.15, -0.1) is 0 Å². The van der Waals surface area contributed by atoms with Crippen molar-refractivity contribution in [1.29, 1.82) is 0 Å². The minimum absolute atomic E-state index is 0.0131. The highest BCUT2D eigenvalue weighted by atomic mass is 35.5. The van der Waals surface area contributed by atoms with E-state index in [9.17, 15) is 18.0 Å². The van der Waals surface area contributed by atoms with Crippen molar-refractivity contribution in [3.05, 3.63) is 63.1 Å². The zero-order valence-electron chi connectivity index (χ0n) is 15.9. The predicted molar refractivity (Wildman–Crippen MR) is 117 cm³/mol. The number of hydrogen-bond acceptors (Lipinski definition) is 5. The molecule has 160 valence electrons. The first-order valence-corrected chi connectivity index (χ1v) is 10.9. The van der Waals surface area contributed by atoms with Crippen molar-refractivity contribution < 1.29 is 22.7 Å². The van der Waals surface area contributed by atoms with Crippen molar-refractivity contribution in [3.63, 3.8) is 0 Å². The Labute approximate surface area is 189 Å². The second-order valence-corrected chi connectivity index (χ2v) is 9.46. The van der Waals surface area contributed by atoms with Crippen molar-refractivity contribution in [3.8, 4) is 0 Å². The van der Waals surface area contributed by atoms with Gasteiger partial charge in [-0.1, -0.05) is 40.9 Å². The van der Waals surface area contributed by atoms with Crippen LogP contribution < -0.4 is 5.32 Å². The Kier molecular flexibility index (Phi) is 8.28. The number of anilines is 1. The molecule has 0 aliphatic rings. The molecule has 0 unspecified atom stereocenters. The molecule has 30 heavy (non-hydrogen) atoms. The number of benzene rings is 2. The Morgan fingerprint density at radius 1 is 1.07 bits per heavy atom. The van der Waals surface area contributed by atoms with E-state index < -0.39 is 28.5 Å². The van der Waals surface area contributed by atoms with E-state index in [1.807, 2.05) is 0 Å². The molecule has 0 aliphatic heterocycles. The number of sulfonamides is 1. The molecule has 7 nitrogen and oxygen atoms in total. The number of nitrogens with zero attached hydrogens (tertiary/aromatic N) is 1. The molecule has 0 saturated carbocycles. The molecule has 0 spiro atoms. The number of carbonyl (C=O) groups excluding carboxylic acids is 2. The summed E-state index contributed by atoms with van der Waals surface area (Å²) in [4.78, 5) is 23.7. The molecule has 0 atom stereocenters. The van der Waals surface area contributed by atoms with Crippen molar-refractivity contribution >= 4 is 68.5 Å². The molecule has 2 aromatic carbocycles. The highest BCUT2D eigenvalue weighted by Crippen LogP contribution is 2.27. The van der Waals surface area contributed by atoms with Gasteiger partial charge < -0.3 is 10.1 Å². The topological polar surface area (TPSA) is 92.8 Å². The highest BCUT2D eigenvalue weighted by Gasteiger charge is 2.21. The number of carbonyl (C=O) groups is 2. The van der Waals surface area contributed by atoms with Gasteiger partial charge in [0.2, 0.25) is 10.0 Å². The van der Waals surface area contributed by atoms with E-state index >= 15 is 0 Å². The van der Waals surface area contributed by atoms with Gasteiger partial charge in [0.25, 0.3) is 5.91 Å². The van der Waals surface area contributed by atoms with Crippen LogP contribution in [-0.4, -0.2) is 45.3 Å². The Morgan fingerprint density at radius 3 is 2.40 bits per heavy atom. The van der Waals surface area contributed by atoms with Gasteiger partial charge in [-0.25, -0.2) is 17.5 Å². The van der Waals surface area contributed by atoms with Crippen molar-refractivity contribution in [2.24, 2.45) is 0 Å². The van der Waals surface area contributed by atoms with E-state index in [2.05, 4.69) is 5.32 Å². The monoisotopic (exact) mass is 490 g/mol. The summed E-state index contributed by atoms with van der Waals surface area (Å²) >= 11 is 17.8. The number of nitrogens with one attached hydrogen (secondary N) is 1.